The van der Waals surface area contributed by atoms with Crippen LogP contribution in [-0.4, -0.2) is 46.4 Å². The molecule has 1 aliphatic heterocycles. The Morgan fingerprint density at radius 2 is 2.03 bits per heavy atom. The van der Waals surface area contributed by atoms with E-state index in [0.717, 1.165) is 11.1 Å². The minimum absolute atomic E-state index is 0.0950. The van der Waals surface area contributed by atoms with Gasteiger partial charge in [0.1, 0.15) is 23.6 Å². The summed E-state index contributed by atoms with van der Waals surface area (Å²) in [5.41, 5.74) is 9.09. The van der Waals surface area contributed by atoms with Gasteiger partial charge in [0.05, 0.1) is 33.5 Å². The van der Waals surface area contributed by atoms with Crippen molar-refractivity contribution >= 4 is 43.8 Å². The number of nitrogen functional groups attached to an aromatic ring is 1. The molecule has 0 amide bonds. The largest absolute Gasteiger partial charge is 0.605 e. The Hall–Kier alpha value is -3.52. The van der Waals surface area contributed by atoms with Crippen molar-refractivity contribution in [3.05, 3.63) is 83.3 Å². The second-order valence-corrected chi connectivity index (χ2v) is 11.2. The lowest BCUT2D eigenvalue weighted by Crippen LogP contribution is -2.20. The number of benzene rings is 2. The number of carboxylic acid groups (broad SMARTS) is 1. The molecule has 5 rings (SSSR count). The van der Waals surface area contributed by atoms with Gasteiger partial charge in [0.2, 0.25) is 0 Å². The molecule has 4 aromatic rings. The summed E-state index contributed by atoms with van der Waals surface area (Å²) in [7, 11) is 0.272. The Labute approximate surface area is 202 Å². The van der Waals surface area contributed by atoms with Crippen LogP contribution in [0.25, 0.3) is 11.0 Å². The highest BCUT2D eigenvalue weighted by Crippen LogP contribution is 2.43. The van der Waals surface area contributed by atoms with Gasteiger partial charge in [0.15, 0.2) is 5.65 Å². The molecule has 10 heteroatoms. The molecule has 0 bridgehead atoms. The summed E-state index contributed by atoms with van der Waals surface area (Å²) in [6.45, 7) is 0.415. The molecule has 1 saturated heterocycles. The molecule has 0 aliphatic carbocycles. The van der Waals surface area contributed by atoms with Gasteiger partial charge in [-0.15, -0.1) is 0 Å². The van der Waals surface area contributed by atoms with Crippen molar-refractivity contribution in [2.24, 2.45) is 0 Å². The van der Waals surface area contributed by atoms with Gasteiger partial charge in [0, 0.05) is 21.7 Å². The van der Waals surface area contributed by atoms with Crippen LogP contribution in [0.15, 0.2) is 60.9 Å². The zero-order valence-electron chi connectivity index (χ0n) is 17.8. The Kier molecular flexibility index (Phi) is 6.15. The summed E-state index contributed by atoms with van der Waals surface area (Å²) in [5, 5.41) is 14.5. The van der Waals surface area contributed by atoms with E-state index in [1.807, 2.05) is 36.4 Å². The third-order valence-corrected chi connectivity index (χ3v) is 8.93. The van der Waals surface area contributed by atoms with Crippen molar-refractivity contribution in [2.45, 2.75) is 17.7 Å². The van der Waals surface area contributed by atoms with Gasteiger partial charge in [-0.3, -0.25) is 0 Å². The highest BCUT2D eigenvalue weighted by Gasteiger charge is 2.41. The molecule has 3 atom stereocenters. The Morgan fingerprint density at radius 1 is 1.21 bits per heavy atom. The van der Waals surface area contributed by atoms with E-state index >= 15 is 0 Å². The topological polar surface area (TPSA) is 130 Å². The number of carbonyl (C=O) groups is 1. The van der Waals surface area contributed by atoms with Crippen LogP contribution in [0.2, 0.25) is 0 Å². The molecular weight excluding hydrogens is 470 g/mol. The number of aromatic carboxylic acids is 1. The highest BCUT2D eigenvalue weighted by atomic mass is 33.1. The number of aromatic nitrogens is 4. The van der Waals surface area contributed by atoms with Crippen molar-refractivity contribution in [3.63, 3.8) is 0 Å². The minimum Gasteiger partial charge on any atom is -0.605 e. The van der Waals surface area contributed by atoms with Crippen molar-refractivity contribution in [2.75, 3.05) is 11.5 Å². The lowest BCUT2D eigenvalue weighted by atomic mass is 9.95. The first-order valence-electron chi connectivity index (χ1n) is 10.4. The molecule has 170 valence electrons. The first-order valence-corrected chi connectivity index (χ1v) is 13.1. The SMILES string of the molecule is Nc1ncnc2c1c(C#Cc1ccccc1)nn2CC1S[S+]([O-])CC1c1cccc(C(=O)O)c1. The number of hydrogen-bond donors (Lipinski definition) is 2. The molecule has 2 aromatic carbocycles. The van der Waals surface area contributed by atoms with Gasteiger partial charge in [-0.1, -0.05) is 36.3 Å². The minimum atomic E-state index is -1.09. The van der Waals surface area contributed by atoms with E-state index in [0.29, 0.717) is 34.8 Å². The lowest BCUT2D eigenvalue weighted by molar-refractivity contribution is 0.0696. The predicted molar refractivity (Wildman–Crippen MR) is 133 cm³/mol. The maximum Gasteiger partial charge on any atom is 0.335 e. The maximum atomic E-state index is 12.5. The van der Waals surface area contributed by atoms with Crippen LogP contribution in [-0.2, 0) is 16.8 Å². The quantitative estimate of drug-likeness (QED) is 0.254. The number of hydrogen-bond acceptors (Lipinski definition) is 7. The molecule has 1 fully saturated rings. The second-order valence-electron chi connectivity index (χ2n) is 7.75. The van der Waals surface area contributed by atoms with Crippen LogP contribution in [0.1, 0.15) is 33.1 Å². The molecule has 3 N–H and O–H groups in total. The standard InChI is InChI=1S/C24H19N5O3S2/c25-22-21-19(10-9-15-5-2-1-3-6-15)28-29(23(21)27-14-26-22)12-20-18(13-34(32)33-20)16-7-4-8-17(11-16)24(30)31/h1-8,11,14,18,20H,12-13H2,(H,30,31)(H2,25,26,27). The average Bonchev–Trinajstić information content (AvgIpc) is 3.39. The predicted octanol–water partition coefficient (Wildman–Crippen LogP) is 3.07. The molecule has 0 saturated carbocycles. The number of carboxylic acids is 1. The Balaban J connectivity index is 1.51. The molecular formula is C24H19N5O3S2. The van der Waals surface area contributed by atoms with Crippen molar-refractivity contribution in [1.82, 2.24) is 19.7 Å². The smallest absolute Gasteiger partial charge is 0.335 e. The molecule has 3 unspecified atom stereocenters. The van der Waals surface area contributed by atoms with Gasteiger partial charge in [0.25, 0.3) is 0 Å². The van der Waals surface area contributed by atoms with Crippen molar-refractivity contribution in [3.8, 4) is 11.8 Å². The first-order chi connectivity index (χ1) is 16.5. The van der Waals surface area contributed by atoms with Crippen molar-refractivity contribution in [1.29, 1.82) is 0 Å². The Morgan fingerprint density at radius 3 is 2.82 bits per heavy atom. The third kappa shape index (κ3) is 4.46. The van der Waals surface area contributed by atoms with Gasteiger partial charge in [-0.05, 0) is 35.7 Å². The van der Waals surface area contributed by atoms with Crippen LogP contribution < -0.4 is 5.73 Å². The number of rotatable bonds is 4. The molecule has 0 radical (unpaired) electrons. The van der Waals surface area contributed by atoms with E-state index < -0.39 is 16.2 Å². The summed E-state index contributed by atoms with van der Waals surface area (Å²) in [6.07, 6.45) is 1.39. The lowest BCUT2D eigenvalue weighted by Gasteiger charge is -2.15. The fraction of sp³-hybridized carbons (Fsp3) is 0.167. The maximum absolute atomic E-state index is 12.5. The van der Waals surface area contributed by atoms with Crippen LogP contribution in [0.5, 0.6) is 0 Å². The highest BCUT2D eigenvalue weighted by molar-refractivity contribution is 8.72. The zero-order valence-corrected chi connectivity index (χ0v) is 19.4. The molecule has 34 heavy (non-hydrogen) atoms. The monoisotopic (exact) mass is 489 g/mol. The van der Waals surface area contributed by atoms with Crippen LogP contribution in [0.3, 0.4) is 0 Å². The summed E-state index contributed by atoms with van der Waals surface area (Å²) in [6, 6.07) is 16.4. The van der Waals surface area contributed by atoms with E-state index in [-0.39, 0.29) is 16.7 Å². The summed E-state index contributed by atoms with van der Waals surface area (Å²) in [5.74, 6) is 5.84. The molecule has 2 aromatic heterocycles. The van der Waals surface area contributed by atoms with E-state index in [1.165, 1.54) is 17.1 Å². The fourth-order valence-corrected chi connectivity index (χ4v) is 7.81. The zero-order chi connectivity index (χ0) is 23.7. The van der Waals surface area contributed by atoms with E-state index in [2.05, 4.69) is 26.9 Å². The number of anilines is 1. The van der Waals surface area contributed by atoms with Gasteiger partial charge in [-0.25, -0.2) is 19.4 Å². The van der Waals surface area contributed by atoms with Crippen LogP contribution >= 0.6 is 10.8 Å². The third-order valence-electron chi connectivity index (χ3n) is 5.57. The first kappa shape index (κ1) is 22.3. The number of fused-ring (bicyclic) bond motifs is 1. The second kappa shape index (κ2) is 9.38. The molecule has 1 aliphatic rings. The van der Waals surface area contributed by atoms with Crippen LogP contribution in [0.4, 0.5) is 5.82 Å². The van der Waals surface area contributed by atoms with Gasteiger partial charge in [-0.2, -0.15) is 5.10 Å². The van der Waals surface area contributed by atoms with Crippen molar-refractivity contribution < 1.29 is 14.5 Å². The molecule has 3 heterocycles. The Bertz CT molecular complexity index is 1430. The van der Waals surface area contributed by atoms with Gasteiger partial charge >= 0.3 is 5.97 Å². The van der Waals surface area contributed by atoms with E-state index in [9.17, 15) is 14.5 Å². The molecule has 0 spiro atoms. The average molecular weight is 490 g/mol. The number of nitrogens with two attached hydrogens (primary N) is 1. The van der Waals surface area contributed by atoms with E-state index in [4.69, 9.17) is 5.73 Å². The normalized spacial score (nSPS) is 19.6. The van der Waals surface area contributed by atoms with Crippen LogP contribution in [0, 0.1) is 11.8 Å². The summed E-state index contributed by atoms with van der Waals surface area (Å²) >= 11 is 0. The number of nitrogens with zero attached hydrogens (tertiary/aromatic N) is 4. The van der Waals surface area contributed by atoms with E-state index in [1.54, 1.807) is 22.9 Å². The van der Waals surface area contributed by atoms with Gasteiger partial charge < -0.3 is 15.4 Å². The fourth-order valence-electron chi connectivity index (χ4n) is 3.94. The molecule has 8 nitrogen and oxygen atoms in total. The summed E-state index contributed by atoms with van der Waals surface area (Å²) in [4.78, 5) is 19.9. The summed E-state index contributed by atoms with van der Waals surface area (Å²) < 4.78 is 14.2.